The van der Waals surface area contributed by atoms with Crippen LogP contribution in [0.5, 0.6) is 0 Å². The number of benzene rings is 1. The fourth-order valence-corrected chi connectivity index (χ4v) is 4.35. The zero-order valence-corrected chi connectivity index (χ0v) is 20.7. The van der Waals surface area contributed by atoms with E-state index in [1.165, 1.54) is 42.3 Å². The van der Waals surface area contributed by atoms with E-state index >= 15 is 4.39 Å². The second kappa shape index (κ2) is 11.2. The van der Waals surface area contributed by atoms with Crippen molar-refractivity contribution in [2.45, 2.75) is 40.8 Å². The van der Waals surface area contributed by atoms with Gasteiger partial charge in [-0.2, -0.15) is 0 Å². The van der Waals surface area contributed by atoms with Gasteiger partial charge in [0.2, 0.25) is 11.3 Å². The molecule has 0 saturated heterocycles. The number of thiazole rings is 1. The number of halogens is 1. The van der Waals surface area contributed by atoms with Crippen molar-refractivity contribution in [2.75, 3.05) is 19.8 Å². The third-order valence-corrected chi connectivity index (χ3v) is 6.10. The zero-order valence-electron chi connectivity index (χ0n) is 19.9. The molecule has 0 atom stereocenters. The van der Waals surface area contributed by atoms with Gasteiger partial charge in [-0.05, 0) is 26.0 Å². The smallest absolute Gasteiger partial charge is 0.343 e. The monoisotopic (exact) mass is 503 g/mol. The Balaban J connectivity index is 1.96. The van der Waals surface area contributed by atoms with Gasteiger partial charge < -0.3 is 18.9 Å². The Hall–Kier alpha value is -3.60. The van der Waals surface area contributed by atoms with Crippen molar-refractivity contribution < 1.29 is 28.2 Å². The molecule has 9 nitrogen and oxygen atoms in total. The lowest BCUT2D eigenvalue weighted by molar-refractivity contribution is -0.143. The average Bonchev–Trinajstić information content (AvgIpc) is 3.26. The van der Waals surface area contributed by atoms with E-state index < -0.39 is 23.2 Å². The van der Waals surface area contributed by atoms with Crippen molar-refractivity contribution >= 4 is 40.1 Å². The molecule has 0 aliphatic carbocycles. The van der Waals surface area contributed by atoms with E-state index in [9.17, 15) is 19.2 Å². The number of rotatable bonds is 9. The third-order valence-electron chi connectivity index (χ3n) is 5.27. The quantitative estimate of drug-likeness (QED) is 0.412. The second-order valence-electron chi connectivity index (χ2n) is 7.63. The Bertz CT molecular complexity index is 1330. The highest BCUT2D eigenvalue weighted by Crippen LogP contribution is 2.29. The molecule has 3 rings (SSSR count). The number of carbonyl (C=O) groups is 3. The highest BCUT2D eigenvalue weighted by atomic mass is 32.1. The van der Waals surface area contributed by atoms with Crippen LogP contribution >= 0.6 is 11.3 Å². The lowest BCUT2D eigenvalue weighted by Crippen LogP contribution is -2.31. The molecule has 3 aromatic rings. The molecule has 0 aliphatic rings. The van der Waals surface area contributed by atoms with Crippen LogP contribution in [0.25, 0.3) is 22.2 Å². The molecule has 0 radical (unpaired) electrons. The van der Waals surface area contributed by atoms with Gasteiger partial charge in [0.05, 0.1) is 30.9 Å². The van der Waals surface area contributed by atoms with Gasteiger partial charge in [0.1, 0.15) is 23.0 Å². The highest BCUT2D eigenvalue weighted by Gasteiger charge is 2.20. The van der Waals surface area contributed by atoms with Gasteiger partial charge in [-0.25, -0.2) is 14.2 Å². The number of fused-ring (bicyclic) bond motifs is 1. The van der Waals surface area contributed by atoms with Crippen molar-refractivity contribution in [3.63, 3.8) is 0 Å². The van der Waals surface area contributed by atoms with Crippen LogP contribution in [0.3, 0.4) is 0 Å². The van der Waals surface area contributed by atoms with Gasteiger partial charge in [0.25, 0.3) is 0 Å². The molecule has 186 valence electrons. The Kier molecular flexibility index (Phi) is 8.34. The number of hydrogen-bond acceptors (Lipinski definition) is 8. The summed E-state index contributed by atoms with van der Waals surface area (Å²) in [5, 5.41) is 2.32. The first kappa shape index (κ1) is 26.0. The number of esters is 2. The zero-order chi connectivity index (χ0) is 25.7. The van der Waals surface area contributed by atoms with Crippen molar-refractivity contribution in [2.24, 2.45) is 0 Å². The molecule has 0 aliphatic heterocycles. The third kappa shape index (κ3) is 5.91. The molecule has 0 bridgehead atoms. The lowest BCUT2D eigenvalue weighted by Gasteiger charge is -2.19. The van der Waals surface area contributed by atoms with Crippen LogP contribution in [0.2, 0.25) is 0 Å². The van der Waals surface area contributed by atoms with E-state index in [0.29, 0.717) is 22.8 Å². The fourth-order valence-electron chi connectivity index (χ4n) is 3.54. The number of amides is 1. The summed E-state index contributed by atoms with van der Waals surface area (Å²) in [7, 11) is 0. The molecule has 2 heterocycles. The summed E-state index contributed by atoms with van der Waals surface area (Å²) in [6, 6.07) is 2.65. The molecule has 0 saturated carbocycles. The van der Waals surface area contributed by atoms with Crippen molar-refractivity contribution in [3.8, 4) is 11.3 Å². The van der Waals surface area contributed by atoms with E-state index in [-0.39, 0.29) is 48.7 Å². The van der Waals surface area contributed by atoms with Gasteiger partial charge >= 0.3 is 11.9 Å². The molecule has 0 N–H and O–H groups in total. The molecule has 1 aromatic carbocycles. The number of pyridine rings is 1. The van der Waals surface area contributed by atoms with Crippen molar-refractivity contribution in [1.29, 1.82) is 0 Å². The molecule has 0 fully saturated rings. The van der Waals surface area contributed by atoms with Crippen molar-refractivity contribution in [3.05, 3.63) is 50.3 Å². The highest BCUT2D eigenvalue weighted by molar-refractivity contribution is 7.09. The van der Waals surface area contributed by atoms with Crippen molar-refractivity contribution in [1.82, 2.24) is 14.5 Å². The number of aryl methyl sites for hydroxylation is 1. The topological polar surface area (TPSA) is 108 Å². The van der Waals surface area contributed by atoms with Gasteiger partial charge in [-0.15, -0.1) is 11.3 Å². The molecular weight excluding hydrogens is 477 g/mol. The standard InChI is InChI=1S/C24H26FN3O6S/c1-5-27-11-18(24(32)33-6-2)23(31)17-9-19(25)16(10-21(17)27)20-13-35-22(26-20)12-28(14(3)29)7-8-34-15(4)30/h9-11,13H,5-8,12H2,1-4H3. The lowest BCUT2D eigenvalue weighted by atomic mass is 10.1. The first-order valence-electron chi connectivity index (χ1n) is 11.0. The van der Waals surface area contributed by atoms with Crippen LogP contribution < -0.4 is 5.43 Å². The number of carbonyl (C=O) groups excluding carboxylic acids is 3. The maximum atomic E-state index is 15.1. The summed E-state index contributed by atoms with van der Waals surface area (Å²) < 4.78 is 26.7. The SMILES string of the molecule is CCOC(=O)c1cn(CC)c2cc(-c3csc(CN(CCOC(C)=O)C(C)=O)n3)c(F)cc2c1=O. The molecule has 1 amide bonds. The molecule has 0 spiro atoms. The first-order valence-corrected chi connectivity index (χ1v) is 11.9. The molecular formula is C24H26FN3O6S. The van der Waals surface area contributed by atoms with Gasteiger partial charge in [0, 0.05) is 42.9 Å². The normalized spacial score (nSPS) is 10.9. The van der Waals surface area contributed by atoms with E-state index in [1.54, 1.807) is 16.9 Å². The summed E-state index contributed by atoms with van der Waals surface area (Å²) >= 11 is 1.26. The summed E-state index contributed by atoms with van der Waals surface area (Å²) in [6.45, 7) is 7.18. The number of hydrogen-bond donors (Lipinski definition) is 0. The predicted molar refractivity (Wildman–Crippen MR) is 129 cm³/mol. The van der Waals surface area contributed by atoms with E-state index in [0.717, 1.165) is 6.07 Å². The molecule has 35 heavy (non-hydrogen) atoms. The van der Waals surface area contributed by atoms with E-state index in [4.69, 9.17) is 9.47 Å². The Morgan fingerprint density at radius 3 is 2.54 bits per heavy atom. The molecule has 11 heteroatoms. The fraction of sp³-hybridized carbons (Fsp3) is 0.375. The van der Waals surface area contributed by atoms with E-state index in [1.807, 2.05) is 6.92 Å². The summed E-state index contributed by atoms with van der Waals surface area (Å²) in [5.41, 5.74) is 0.264. The number of ether oxygens (including phenoxy) is 2. The Labute approximate surface area is 205 Å². The Morgan fingerprint density at radius 2 is 1.91 bits per heavy atom. The van der Waals surface area contributed by atoms with Gasteiger partial charge in [-0.3, -0.25) is 14.4 Å². The van der Waals surface area contributed by atoms with Crippen LogP contribution in [0.15, 0.2) is 28.5 Å². The first-order chi connectivity index (χ1) is 16.7. The van der Waals surface area contributed by atoms with Crippen LogP contribution in [0.1, 0.15) is 43.1 Å². The Morgan fingerprint density at radius 1 is 1.17 bits per heavy atom. The van der Waals surface area contributed by atoms with Crippen LogP contribution in [-0.4, -0.2) is 52.1 Å². The largest absolute Gasteiger partial charge is 0.464 e. The maximum absolute atomic E-state index is 15.1. The maximum Gasteiger partial charge on any atom is 0.343 e. The summed E-state index contributed by atoms with van der Waals surface area (Å²) in [6.07, 6.45) is 1.42. The molecule has 0 unspecified atom stereocenters. The van der Waals surface area contributed by atoms with Crippen LogP contribution in [-0.2, 0) is 32.2 Å². The van der Waals surface area contributed by atoms with Gasteiger partial charge in [-0.1, -0.05) is 0 Å². The van der Waals surface area contributed by atoms with E-state index in [2.05, 4.69) is 4.98 Å². The van der Waals surface area contributed by atoms with Crippen LogP contribution in [0, 0.1) is 5.82 Å². The number of aromatic nitrogens is 2. The minimum atomic E-state index is -0.751. The summed E-state index contributed by atoms with van der Waals surface area (Å²) in [5.74, 6) is -2.06. The van der Waals surface area contributed by atoms with Crippen LogP contribution in [0.4, 0.5) is 4.39 Å². The summed E-state index contributed by atoms with van der Waals surface area (Å²) in [4.78, 5) is 54.0. The average molecular weight is 504 g/mol. The molecule has 2 aromatic heterocycles. The number of nitrogens with zero attached hydrogens (tertiary/aromatic N) is 3. The minimum Gasteiger partial charge on any atom is -0.464 e. The van der Waals surface area contributed by atoms with Gasteiger partial charge in [0.15, 0.2) is 0 Å². The minimum absolute atomic E-state index is 0.0643. The second-order valence-corrected chi connectivity index (χ2v) is 8.58. The predicted octanol–water partition coefficient (Wildman–Crippen LogP) is 3.37.